The highest BCUT2D eigenvalue weighted by Gasteiger charge is 2.63. The summed E-state index contributed by atoms with van der Waals surface area (Å²) in [6.07, 6.45) is 0.145. The Morgan fingerprint density at radius 3 is 2.57 bits per heavy atom. The van der Waals surface area contributed by atoms with Gasteiger partial charge in [-0.15, -0.1) is 11.3 Å². The standard InChI is InChI=1S/C21H18ClNO5S2/c22-16-6-4-14(5-7-16)18-8-9-19(29-18)30(27,28)23-21(20(25)26)11-17(21)15-3-1-2-13(10-15)12-24/h1-10,17,23-24H,11-12H2,(H,25,26)/t17-,21?/m1/s1. The normalized spacial score (nSPS) is 20.8. The maximum absolute atomic E-state index is 13.0. The zero-order valence-corrected chi connectivity index (χ0v) is 18.0. The van der Waals surface area contributed by atoms with Gasteiger partial charge in [0.1, 0.15) is 9.75 Å². The molecule has 9 heteroatoms. The van der Waals surface area contributed by atoms with E-state index in [9.17, 15) is 23.4 Å². The lowest BCUT2D eigenvalue weighted by Crippen LogP contribution is -2.44. The minimum Gasteiger partial charge on any atom is -0.480 e. The van der Waals surface area contributed by atoms with Crippen molar-refractivity contribution in [3.8, 4) is 10.4 Å². The van der Waals surface area contributed by atoms with Crippen molar-refractivity contribution in [2.45, 2.75) is 28.7 Å². The third-order valence-electron chi connectivity index (χ3n) is 5.17. The van der Waals surface area contributed by atoms with Crippen LogP contribution in [0.5, 0.6) is 0 Å². The molecule has 0 saturated heterocycles. The molecule has 30 heavy (non-hydrogen) atoms. The van der Waals surface area contributed by atoms with Crippen molar-refractivity contribution >= 4 is 38.9 Å². The van der Waals surface area contributed by atoms with Crippen molar-refractivity contribution in [1.82, 2.24) is 4.72 Å². The summed E-state index contributed by atoms with van der Waals surface area (Å²) in [7, 11) is -4.04. The van der Waals surface area contributed by atoms with Gasteiger partial charge in [0, 0.05) is 15.8 Å². The maximum Gasteiger partial charge on any atom is 0.325 e. The molecular formula is C21H18ClNO5S2. The number of carboxylic acids is 1. The molecule has 1 aliphatic carbocycles. The molecule has 4 rings (SSSR count). The number of hydrogen-bond acceptors (Lipinski definition) is 5. The number of carbonyl (C=O) groups is 1. The van der Waals surface area contributed by atoms with Crippen LogP contribution in [0.25, 0.3) is 10.4 Å². The van der Waals surface area contributed by atoms with Crippen LogP contribution >= 0.6 is 22.9 Å². The second kappa shape index (κ2) is 7.79. The first kappa shape index (κ1) is 21.0. The summed E-state index contributed by atoms with van der Waals surface area (Å²) < 4.78 is 28.4. The molecule has 0 radical (unpaired) electrons. The molecule has 1 unspecified atom stereocenters. The van der Waals surface area contributed by atoms with E-state index in [0.717, 1.165) is 21.8 Å². The van der Waals surface area contributed by atoms with Crippen molar-refractivity contribution in [3.63, 3.8) is 0 Å². The Morgan fingerprint density at radius 1 is 1.17 bits per heavy atom. The Hall–Kier alpha value is -2.23. The van der Waals surface area contributed by atoms with Gasteiger partial charge in [-0.1, -0.05) is 48.0 Å². The summed E-state index contributed by atoms with van der Waals surface area (Å²) >= 11 is 6.96. The van der Waals surface area contributed by atoms with Gasteiger partial charge in [-0.05, 0) is 47.4 Å². The maximum atomic E-state index is 13.0. The fourth-order valence-corrected chi connectivity index (χ4v) is 6.33. The lowest BCUT2D eigenvalue weighted by molar-refractivity contribution is -0.140. The Kier molecular flexibility index (Phi) is 5.46. The summed E-state index contributed by atoms with van der Waals surface area (Å²) in [6, 6.07) is 17.1. The Labute approximate surface area is 182 Å². The van der Waals surface area contributed by atoms with Gasteiger partial charge >= 0.3 is 5.97 Å². The first-order valence-corrected chi connectivity index (χ1v) is 11.8. The van der Waals surface area contributed by atoms with Gasteiger partial charge in [-0.3, -0.25) is 4.79 Å². The van der Waals surface area contributed by atoms with E-state index < -0.39 is 27.4 Å². The predicted molar refractivity (Wildman–Crippen MR) is 115 cm³/mol. The van der Waals surface area contributed by atoms with Gasteiger partial charge in [0.05, 0.1) is 6.61 Å². The average Bonchev–Trinajstić information content (AvgIpc) is 3.22. The van der Waals surface area contributed by atoms with Gasteiger partial charge in [-0.2, -0.15) is 4.72 Å². The van der Waals surface area contributed by atoms with E-state index >= 15 is 0 Å². The molecule has 3 aromatic rings. The first-order chi connectivity index (χ1) is 14.2. The lowest BCUT2D eigenvalue weighted by Gasteiger charge is -2.15. The van der Waals surface area contributed by atoms with Crippen LogP contribution < -0.4 is 4.72 Å². The smallest absolute Gasteiger partial charge is 0.325 e. The van der Waals surface area contributed by atoms with E-state index in [1.807, 2.05) is 0 Å². The number of benzene rings is 2. The van der Waals surface area contributed by atoms with Crippen LogP contribution in [0.1, 0.15) is 23.5 Å². The minimum atomic E-state index is -4.04. The van der Waals surface area contributed by atoms with Gasteiger partial charge in [0.2, 0.25) is 0 Å². The number of aliphatic carboxylic acids is 1. The molecule has 1 aliphatic rings. The number of hydrogen-bond donors (Lipinski definition) is 3. The fourth-order valence-electron chi connectivity index (χ4n) is 3.49. The molecule has 1 heterocycles. The molecule has 1 saturated carbocycles. The quantitative estimate of drug-likeness (QED) is 0.493. The van der Waals surface area contributed by atoms with Crippen molar-refractivity contribution < 1.29 is 23.4 Å². The van der Waals surface area contributed by atoms with Gasteiger partial charge in [0.25, 0.3) is 10.0 Å². The third kappa shape index (κ3) is 3.89. The average molecular weight is 464 g/mol. The molecule has 3 N–H and O–H groups in total. The number of thiophene rings is 1. The Morgan fingerprint density at radius 2 is 1.90 bits per heavy atom. The molecule has 0 bridgehead atoms. The van der Waals surface area contributed by atoms with E-state index in [0.29, 0.717) is 16.1 Å². The van der Waals surface area contributed by atoms with Crippen LogP contribution in [0.2, 0.25) is 5.02 Å². The van der Waals surface area contributed by atoms with Crippen LogP contribution in [0, 0.1) is 0 Å². The largest absolute Gasteiger partial charge is 0.480 e. The van der Waals surface area contributed by atoms with Gasteiger partial charge in [0.15, 0.2) is 0 Å². The number of nitrogens with one attached hydrogen (secondary N) is 1. The van der Waals surface area contributed by atoms with Crippen molar-refractivity contribution in [2.75, 3.05) is 0 Å². The number of aliphatic hydroxyl groups is 1. The van der Waals surface area contributed by atoms with Crippen LogP contribution in [0.15, 0.2) is 64.9 Å². The van der Waals surface area contributed by atoms with Crippen molar-refractivity contribution in [3.05, 3.63) is 76.8 Å². The van der Waals surface area contributed by atoms with E-state index in [4.69, 9.17) is 11.6 Å². The molecule has 156 valence electrons. The molecule has 0 amide bonds. The monoisotopic (exact) mass is 463 g/mol. The molecule has 2 atom stereocenters. The highest BCUT2D eigenvalue weighted by molar-refractivity contribution is 7.91. The Bertz CT molecular complexity index is 1210. The van der Waals surface area contributed by atoms with Crippen LogP contribution in [0.3, 0.4) is 0 Å². The van der Waals surface area contributed by atoms with Crippen LogP contribution in [-0.2, 0) is 21.4 Å². The SMILES string of the molecule is O=C(O)C1(NS(=O)(=O)c2ccc(-c3ccc(Cl)cc3)s2)C[C@@H]1c1cccc(CO)c1. The van der Waals surface area contributed by atoms with E-state index in [1.165, 1.54) is 6.07 Å². The molecular weight excluding hydrogens is 446 g/mol. The molecule has 0 aliphatic heterocycles. The number of rotatable bonds is 7. The fraction of sp³-hybridized carbons (Fsp3) is 0.190. The summed E-state index contributed by atoms with van der Waals surface area (Å²) in [4.78, 5) is 12.7. The highest BCUT2D eigenvalue weighted by atomic mass is 35.5. The summed E-state index contributed by atoms with van der Waals surface area (Å²) in [5, 5.41) is 19.7. The van der Waals surface area contributed by atoms with E-state index in [1.54, 1.807) is 54.6 Å². The summed E-state index contributed by atoms with van der Waals surface area (Å²) in [5.74, 6) is -1.73. The minimum absolute atomic E-state index is 0.0443. The zero-order valence-electron chi connectivity index (χ0n) is 15.6. The number of halogens is 1. The zero-order chi connectivity index (χ0) is 21.5. The highest BCUT2D eigenvalue weighted by Crippen LogP contribution is 2.52. The topological polar surface area (TPSA) is 104 Å². The first-order valence-electron chi connectivity index (χ1n) is 9.08. The second-order valence-corrected chi connectivity index (χ2v) is 10.6. The number of carboxylic acid groups (broad SMARTS) is 1. The molecule has 6 nitrogen and oxygen atoms in total. The Balaban J connectivity index is 1.60. The van der Waals surface area contributed by atoms with Crippen molar-refractivity contribution in [2.24, 2.45) is 0 Å². The van der Waals surface area contributed by atoms with Crippen LogP contribution in [-0.4, -0.2) is 30.1 Å². The molecule has 1 fully saturated rings. The van der Waals surface area contributed by atoms with E-state index in [2.05, 4.69) is 4.72 Å². The predicted octanol–water partition coefficient (Wildman–Crippen LogP) is 3.85. The third-order valence-corrected chi connectivity index (χ3v) is 8.56. The number of sulfonamides is 1. The number of aliphatic hydroxyl groups excluding tert-OH is 1. The molecule has 1 aromatic heterocycles. The van der Waals surface area contributed by atoms with Gasteiger partial charge in [-0.25, -0.2) is 8.42 Å². The lowest BCUT2D eigenvalue weighted by atomic mass is 10.0. The molecule has 2 aromatic carbocycles. The van der Waals surface area contributed by atoms with Crippen LogP contribution in [0.4, 0.5) is 0 Å². The van der Waals surface area contributed by atoms with Gasteiger partial charge < -0.3 is 10.2 Å². The summed E-state index contributed by atoms with van der Waals surface area (Å²) in [5.41, 5.74) is 0.549. The van der Waals surface area contributed by atoms with Crippen molar-refractivity contribution in [1.29, 1.82) is 0 Å². The second-order valence-electron chi connectivity index (χ2n) is 7.17. The van der Waals surface area contributed by atoms with E-state index in [-0.39, 0.29) is 17.2 Å². The molecule has 0 spiro atoms. The summed E-state index contributed by atoms with van der Waals surface area (Å²) in [6.45, 7) is -0.172.